The van der Waals surface area contributed by atoms with Gasteiger partial charge in [-0.1, -0.05) is 80.0 Å². The number of methoxy groups -OCH3 is 1. The van der Waals surface area contributed by atoms with E-state index in [2.05, 4.69) is 29.7 Å². The van der Waals surface area contributed by atoms with Crippen molar-refractivity contribution in [1.29, 1.82) is 0 Å². The number of carbonyl (C=O) groups is 2. The Kier molecular flexibility index (Phi) is 9.26. The summed E-state index contributed by atoms with van der Waals surface area (Å²) in [7, 11) is 1.50. The fourth-order valence-electron chi connectivity index (χ4n) is 3.18. The van der Waals surface area contributed by atoms with Crippen molar-refractivity contribution < 1.29 is 19.1 Å². The fourth-order valence-corrected chi connectivity index (χ4v) is 3.46. The Morgan fingerprint density at radius 1 is 1.00 bits per heavy atom. The molecule has 7 nitrogen and oxygen atoms in total. The van der Waals surface area contributed by atoms with Gasteiger partial charge in [0.1, 0.15) is 6.61 Å². The second-order valence-electron chi connectivity index (χ2n) is 8.09. The molecule has 2 amide bonds. The first kappa shape index (κ1) is 25.8. The molecule has 3 aromatic carbocycles. The molecule has 0 spiro atoms. The van der Waals surface area contributed by atoms with Crippen molar-refractivity contribution in [2.75, 3.05) is 7.11 Å². The van der Waals surface area contributed by atoms with Crippen LogP contribution in [0.2, 0.25) is 5.02 Å². The molecule has 8 heteroatoms. The number of nitrogens with zero attached hydrogens (tertiary/aromatic N) is 1. The van der Waals surface area contributed by atoms with Crippen molar-refractivity contribution in [2.45, 2.75) is 32.9 Å². The lowest BCUT2D eigenvalue weighted by Crippen LogP contribution is -2.37. The van der Waals surface area contributed by atoms with Gasteiger partial charge in [-0.3, -0.25) is 9.59 Å². The van der Waals surface area contributed by atoms with Crippen LogP contribution in [0.5, 0.6) is 11.5 Å². The van der Waals surface area contributed by atoms with Gasteiger partial charge in [0, 0.05) is 6.54 Å². The zero-order valence-corrected chi connectivity index (χ0v) is 20.6. The number of amides is 2. The van der Waals surface area contributed by atoms with E-state index >= 15 is 0 Å². The molecule has 3 aromatic rings. The van der Waals surface area contributed by atoms with Gasteiger partial charge >= 0.3 is 11.8 Å². The van der Waals surface area contributed by atoms with Gasteiger partial charge in [0.05, 0.1) is 18.3 Å². The first-order valence-electron chi connectivity index (χ1n) is 11.1. The summed E-state index contributed by atoms with van der Waals surface area (Å²) < 4.78 is 11.2. The molecule has 2 N–H and O–H groups in total. The molecule has 0 fully saturated rings. The lowest BCUT2D eigenvalue weighted by molar-refractivity contribution is -0.139. The summed E-state index contributed by atoms with van der Waals surface area (Å²) in [4.78, 5) is 24.1. The Morgan fingerprint density at radius 3 is 2.37 bits per heavy atom. The number of hydrazone groups is 1. The molecule has 0 aliphatic carbocycles. The summed E-state index contributed by atoms with van der Waals surface area (Å²) in [5.41, 5.74) is 5.87. The van der Waals surface area contributed by atoms with Crippen LogP contribution in [-0.4, -0.2) is 25.1 Å². The molecular weight excluding hydrogens is 466 g/mol. The van der Waals surface area contributed by atoms with E-state index in [4.69, 9.17) is 21.1 Å². The van der Waals surface area contributed by atoms with E-state index in [-0.39, 0.29) is 6.54 Å². The van der Waals surface area contributed by atoms with E-state index < -0.39 is 11.8 Å². The van der Waals surface area contributed by atoms with Crippen LogP contribution < -0.4 is 20.2 Å². The lowest BCUT2D eigenvalue weighted by Gasteiger charge is -2.13. The maximum Gasteiger partial charge on any atom is 0.329 e. The average Bonchev–Trinajstić information content (AvgIpc) is 2.87. The molecule has 0 aliphatic rings. The highest BCUT2D eigenvalue weighted by Gasteiger charge is 2.14. The molecule has 0 aromatic heterocycles. The molecule has 0 bridgehead atoms. The lowest BCUT2D eigenvalue weighted by atomic mass is 10.0. The number of hydrogen-bond acceptors (Lipinski definition) is 5. The maximum absolute atomic E-state index is 12.1. The largest absolute Gasteiger partial charge is 0.493 e. The zero-order chi connectivity index (χ0) is 25.2. The molecule has 0 saturated carbocycles. The third-order valence-corrected chi connectivity index (χ3v) is 5.44. The molecule has 35 heavy (non-hydrogen) atoms. The predicted octanol–water partition coefficient (Wildman–Crippen LogP) is 4.82. The second-order valence-corrected chi connectivity index (χ2v) is 8.49. The van der Waals surface area contributed by atoms with Gasteiger partial charge in [0.15, 0.2) is 11.5 Å². The summed E-state index contributed by atoms with van der Waals surface area (Å²) in [5.74, 6) is -0.408. The van der Waals surface area contributed by atoms with Crippen molar-refractivity contribution >= 4 is 29.6 Å². The van der Waals surface area contributed by atoms with Crippen LogP contribution in [0.15, 0.2) is 71.8 Å². The van der Waals surface area contributed by atoms with Crippen LogP contribution >= 0.6 is 11.6 Å². The smallest absolute Gasteiger partial charge is 0.329 e. The van der Waals surface area contributed by atoms with Gasteiger partial charge in [-0.15, -0.1) is 0 Å². The van der Waals surface area contributed by atoms with Crippen molar-refractivity contribution in [3.63, 3.8) is 0 Å². The SMILES string of the molecule is COc1cc(/C=N\NC(=O)C(=O)NCc2ccc(C(C)C)cc2)cc(Cl)c1OCc1ccccc1. The van der Waals surface area contributed by atoms with Crippen LogP contribution in [0, 0.1) is 0 Å². The molecule has 0 radical (unpaired) electrons. The van der Waals surface area contributed by atoms with Crippen molar-refractivity contribution in [2.24, 2.45) is 5.10 Å². The number of halogens is 1. The van der Waals surface area contributed by atoms with Crippen molar-refractivity contribution in [3.8, 4) is 11.5 Å². The third-order valence-electron chi connectivity index (χ3n) is 5.16. The molecule has 0 aliphatic heterocycles. The number of nitrogens with one attached hydrogen (secondary N) is 2. The topological polar surface area (TPSA) is 89.0 Å². The molecule has 0 heterocycles. The summed E-state index contributed by atoms with van der Waals surface area (Å²) in [6, 6.07) is 20.8. The van der Waals surface area contributed by atoms with Gasteiger partial charge in [-0.25, -0.2) is 5.43 Å². The Morgan fingerprint density at radius 2 is 1.71 bits per heavy atom. The Balaban J connectivity index is 1.54. The van der Waals surface area contributed by atoms with Crippen LogP contribution in [0.25, 0.3) is 0 Å². The summed E-state index contributed by atoms with van der Waals surface area (Å²) in [6.07, 6.45) is 1.37. The number of carbonyl (C=O) groups excluding carboxylic acids is 2. The van der Waals surface area contributed by atoms with Gasteiger partial charge in [0.25, 0.3) is 0 Å². The Bertz CT molecular complexity index is 1180. The summed E-state index contributed by atoms with van der Waals surface area (Å²) >= 11 is 6.38. The first-order valence-corrected chi connectivity index (χ1v) is 11.5. The van der Waals surface area contributed by atoms with Crippen LogP contribution in [-0.2, 0) is 22.7 Å². The van der Waals surface area contributed by atoms with E-state index in [1.54, 1.807) is 12.1 Å². The van der Waals surface area contributed by atoms with Crippen LogP contribution in [0.4, 0.5) is 0 Å². The van der Waals surface area contributed by atoms with Gasteiger partial charge < -0.3 is 14.8 Å². The number of rotatable bonds is 9. The molecule has 0 atom stereocenters. The maximum atomic E-state index is 12.1. The highest BCUT2D eigenvalue weighted by atomic mass is 35.5. The van der Waals surface area contributed by atoms with Gasteiger partial charge in [0.2, 0.25) is 0 Å². The normalized spacial score (nSPS) is 10.9. The predicted molar refractivity (Wildman–Crippen MR) is 137 cm³/mol. The summed E-state index contributed by atoms with van der Waals surface area (Å²) in [5, 5.41) is 6.75. The fraction of sp³-hybridized carbons (Fsp3) is 0.222. The van der Waals surface area contributed by atoms with Crippen LogP contribution in [0.3, 0.4) is 0 Å². The average molecular weight is 494 g/mol. The highest BCUT2D eigenvalue weighted by Crippen LogP contribution is 2.36. The van der Waals surface area contributed by atoms with E-state index in [9.17, 15) is 9.59 Å². The zero-order valence-electron chi connectivity index (χ0n) is 19.9. The van der Waals surface area contributed by atoms with Gasteiger partial charge in [-0.05, 0) is 40.3 Å². The molecule has 3 rings (SSSR count). The molecule has 182 valence electrons. The monoisotopic (exact) mass is 493 g/mol. The first-order chi connectivity index (χ1) is 16.9. The number of ether oxygens (including phenoxy) is 2. The molecule has 0 saturated heterocycles. The minimum Gasteiger partial charge on any atom is -0.493 e. The summed E-state index contributed by atoms with van der Waals surface area (Å²) in [6.45, 7) is 4.79. The minimum absolute atomic E-state index is 0.242. The Hall–Kier alpha value is -3.84. The highest BCUT2D eigenvalue weighted by molar-refractivity contribution is 6.35. The Labute approximate surface area is 210 Å². The number of hydrogen-bond donors (Lipinski definition) is 2. The second kappa shape index (κ2) is 12.6. The molecular formula is C27H28ClN3O4. The quantitative estimate of drug-likeness (QED) is 0.254. The van der Waals surface area contributed by atoms with Crippen molar-refractivity contribution in [1.82, 2.24) is 10.7 Å². The van der Waals surface area contributed by atoms with Crippen LogP contribution in [0.1, 0.15) is 42.0 Å². The standard InChI is InChI=1S/C27H28ClN3O4/c1-18(2)22-11-9-19(10-12-22)15-29-26(32)27(33)31-30-16-21-13-23(28)25(24(14-21)34-3)35-17-20-7-5-4-6-8-20/h4-14,16,18H,15,17H2,1-3H3,(H,29,32)(H,31,33)/b30-16-. The third kappa shape index (κ3) is 7.58. The molecule has 0 unspecified atom stereocenters. The van der Waals surface area contributed by atoms with E-state index in [1.165, 1.54) is 18.9 Å². The van der Waals surface area contributed by atoms with E-state index in [0.717, 1.165) is 11.1 Å². The van der Waals surface area contributed by atoms with E-state index in [0.29, 0.717) is 34.6 Å². The van der Waals surface area contributed by atoms with Gasteiger partial charge in [-0.2, -0.15) is 5.10 Å². The minimum atomic E-state index is -0.874. The van der Waals surface area contributed by atoms with Crippen molar-refractivity contribution in [3.05, 3.63) is 94.0 Å². The van der Waals surface area contributed by atoms with E-state index in [1.807, 2.05) is 54.6 Å². The number of benzene rings is 3.